The minimum absolute atomic E-state index is 0.0621. The van der Waals surface area contributed by atoms with E-state index in [1.54, 1.807) is 48.5 Å². The number of rotatable bonds is 3. The molecule has 0 amide bonds. The van der Waals surface area contributed by atoms with Gasteiger partial charge in [-0.2, -0.15) is 0 Å². The van der Waals surface area contributed by atoms with E-state index in [1.807, 2.05) is 0 Å². The van der Waals surface area contributed by atoms with Crippen molar-refractivity contribution < 1.29 is 29.1 Å². The summed E-state index contributed by atoms with van der Waals surface area (Å²) in [7, 11) is 0. The van der Waals surface area contributed by atoms with Gasteiger partial charge in [0.05, 0.1) is 24.7 Å². The van der Waals surface area contributed by atoms with Crippen molar-refractivity contribution in [3.63, 3.8) is 0 Å². The topological polar surface area (TPSA) is 13.1 Å². The maximum atomic E-state index is 9.54. The second-order valence-corrected chi connectivity index (χ2v) is 9.85. The van der Waals surface area contributed by atoms with Crippen LogP contribution in [-0.4, -0.2) is 0 Å². The van der Waals surface area contributed by atoms with Crippen molar-refractivity contribution in [2.45, 2.75) is 0 Å². The van der Waals surface area contributed by atoms with E-state index in [1.165, 1.54) is 0 Å². The van der Waals surface area contributed by atoms with Gasteiger partial charge in [-0.15, -0.1) is 0 Å². The second kappa shape index (κ2) is 9.44. The van der Waals surface area contributed by atoms with Crippen molar-refractivity contribution in [2.24, 2.45) is 0 Å². The first-order chi connectivity index (χ1) is 28.8. The van der Waals surface area contributed by atoms with Gasteiger partial charge in [0.25, 0.3) is 0 Å². The van der Waals surface area contributed by atoms with E-state index in [0.29, 0.717) is 21.5 Å². The summed E-state index contributed by atoms with van der Waals surface area (Å²) < 4.78 is 164. The van der Waals surface area contributed by atoms with Gasteiger partial charge in [0, 0.05) is 10.8 Å². The Kier molecular flexibility index (Phi) is 2.70. The highest BCUT2D eigenvalue weighted by Gasteiger charge is 2.17. The highest BCUT2D eigenvalue weighted by molar-refractivity contribution is 6.22. The lowest BCUT2D eigenvalue weighted by Crippen LogP contribution is -1.91. The van der Waals surface area contributed by atoms with Crippen LogP contribution in [0.2, 0.25) is 0 Å². The maximum Gasteiger partial charge on any atom is 0.135 e. The van der Waals surface area contributed by atoms with Crippen LogP contribution in [0.1, 0.15) is 24.7 Å². The third kappa shape index (κ3) is 3.79. The Labute approximate surface area is 274 Å². The third-order valence-corrected chi connectivity index (χ3v) is 7.44. The molecule has 0 saturated heterocycles. The molecule has 0 spiro atoms. The number of benzene rings is 8. The molecule has 1 aromatic heterocycles. The van der Waals surface area contributed by atoms with Crippen LogP contribution in [-0.2, 0) is 0 Å². The van der Waals surface area contributed by atoms with Gasteiger partial charge in [-0.05, 0) is 89.9 Å². The van der Waals surface area contributed by atoms with Crippen molar-refractivity contribution in [1.29, 1.82) is 0 Å². The van der Waals surface area contributed by atoms with Crippen LogP contribution in [0.3, 0.4) is 0 Å². The fourth-order valence-electron chi connectivity index (χ4n) is 5.56. The van der Waals surface area contributed by atoms with Gasteiger partial charge < -0.3 is 4.42 Å². The molecule has 1 heterocycles. The summed E-state index contributed by atoms with van der Waals surface area (Å²) >= 11 is 0. The zero-order valence-electron chi connectivity index (χ0n) is 40.0. The molecule has 0 radical (unpaired) electrons. The molecule has 0 aliphatic rings. The minimum atomic E-state index is -0.722. The molecule has 9 rings (SSSR count). The van der Waals surface area contributed by atoms with E-state index in [4.69, 9.17) is 20.9 Å². The summed E-state index contributed by atoms with van der Waals surface area (Å²) in [6.45, 7) is 0. The highest BCUT2D eigenvalue weighted by atomic mass is 16.3. The SMILES string of the molecule is [2H]c1c([2H])c(-c2c3ccccc3c(-c3c([2H])c([2H])c4oc5c([2H])c([2H])c([2H])c([2H])c5c4c3[2H])c3ccccc23)c([2H])c([2H])c1-c1c([2H])c([2H])c2c([2H])c([2H])c([2H])c([2H])c2c1[2H]. The number of hydrogen-bond acceptors (Lipinski definition) is 1. The first kappa shape index (κ1) is 12.3. The van der Waals surface area contributed by atoms with Crippen molar-refractivity contribution in [3.8, 4) is 33.4 Å². The zero-order valence-corrected chi connectivity index (χ0v) is 22.0. The van der Waals surface area contributed by atoms with Gasteiger partial charge in [0.2, 0.25) is 0 Å². The van der Waals surface area contributed by atoms with Crippen LogP contribution in [0.15, 0.2) is 162 Å². The average molecular weight is 565 g/mol. The summed E-state index contributed by atoms with van der Waals surface area (Å²) in [5.74, 6) is 0. The minimum Gasteiger partial charge on any atom is -0.456 e. The monoisotopic (exact) mass is 564 g/mol. The Morgan fingerprint density at radius 3 is 1.63 bits per heavy atom. The van der Waals surface area contributed by atoms with Crippen molar-refractivity contribution in [1.82, 2.24) is 0 Å². The molecular weight excluding hydrogens is 520 g/mol. The Morgan fingerprint density at radius 1 is 0.372 bits per heavy atom. The van der Waals surface area contributed by atoms with Gasteiger partial charge in [-0.3, -0.25) is 0 Å². The number of fused-ring (bicyclic) bond motifs is 6. The van der Waals surface area contributed by atoms with Gasteiger partial charge in [-0.1, -0.05) is 133 Å². The van der Waals surface area contributed by atoms with Gasteiger partial charge >= 0.3 is 0 Å². The normalized spacial score (nSPS) is 17.6. The van der Waals surface area contributed by atoms with Crippen LogP contribution in [0, 0.1) is 0 Å². The van der Waals surface area contributed by atoms with Gasteiger partial charge in [-0.25, -0.2) is 0 Å². The predicted molar refractivity (Wildman–Crippen MR) is 183 cm³/mol. The average Bonchev–Trinajstić information content (AvgIpc) is 3.66. The molecule has 0 saturated carbocycles. The molecule has 1 nitrogen and oxygen atoms in total. The van der Waals surface area contributed by atoms with Crippen molar-refractivity contribution in [3.05, 3.63) is 157 Å². The summed E-state index contributed by atoms with van der Waals surface area (Å²) in [6.07, 6.45) is 0. The third-order valence-electron chi connectivity index (χ3n) is 7.44. The zero-order chi connectivity index (χ0) is 44.0. The van der Waals surface area contributed by atoms with E-state index >= 15 is 0 Å². The van der Waals surface area contributed by atoms with Crippen LogP contribution >= 0.6 is 0 Å². The maximum absolute atomic E-state index is 9.54. The fourth-order valence-corrected chi connectivity index (χ4v) is 5.56. The molecule has 43 heavy (non-hydrogen) atoms. The standard InChI is InChI=1S/C42H26O/c1-2-10-30-25-31(22-19-27(30)9-1)28-17-20-29(21-18-28)41-34-12-3-5-14-36(34)42(37-15-6-4-13-35(37)41)32-23-24-40-38(26-32)33-11-7-8-16-39(33)43-40/h1-26H/i1D,2D,7D,8D,9D,10D,11D,16D,17D,18D,19D,20D,21D,22D,23D,24D,25D,26D. The van der Waals surface area contributed by atoms with E-state index in [9.17, 15) is 8.22 Å². The lowest BCUT2D eigenvalue weighted by atomic mass is 9.85. The molecule has 0 fully saturated rings. The Balaban J connectivity index is 1.39. The lowest BCUT2D eigenvalue weighted by molar-refractivity contribution is 0.669. The molecule has 0 unspecified atom stereocenters. The summed E-state index contributed by atoms with van der Waals surface area (Å²) in [5.41, 5.74) is -1.30. The number of hydrogen-bond donors (Lipinski definition) is 0. The largest absolute Gasteiger partial charge is 0.456 e. The van der Waals surface area contributed by atoms with Crippen molar-refractivity contribution in [2.75, 3.05) is 0 Å². The Morgan fingerprint density at radius 2 is 0.907 bits per heavy atom. The Hall–Kier alpha value is -5.66. The van der Waals surface area contributed by atoms with Crippen LogP contribution in [0.4, 0.5) is 0 Å². The first-order valence-electron chi connectivity index (χ1n) is 22.3. The van der Waals surface area contributed by atoms with Crippen LogP contribution in [0.25, 0.3) is 87.6 Å². The van der Waals surface area contributed by atoms with E-state index in [0.717, 1.165) is 0 Å². The second-order valence-electron chi connectivity index (χ2n) is 9.85. The first-order valence-corrected chi connectivity index (χ1v) is 13.3. The van der Waals surface area contributed by atoms with Gasteiger partial charge in [0.1, 0.15) is 11.2 Å². The molecule has 0 atom stereocenters. The quantitative estimate of drug-likeness (QED) is 0.195. The summed E-state index contributed by atoms with van der Waals surface area (Å²) in [5, 5.41) is 0.449. The molecule has 9 aromatic rings. The van der Waals surface area contributed by atoms with E-state index < -0.39 is 119 Å². The van der Waals surface area contributed by atoms with Crippen LogP contribution < -0.4 is 0 Å². The molecule has 8 aromatic carbocycles. The van der Waals surface area contributed by atoms with E-state index in [-0.39, 0.29) is 55.6 Å². The number of para-hydroxylation sites is 1. The summed E-state index contributed by atoms with van der Waals surface area (Å²) in [4.78, 5) is 0. The van der Waals surface area contributed by atoms with Gasteiger partial charge in [0.15, 0.2) is 0 Å². The summed E-state index contributed by atoms with van der Waals surface area (Å²) in [6, 6.07) is 2.73. The molecule has 0 bridgehead atoms. The molecule has 0 aliphatic heterocycles. The molecule has 1 heteroatoms. The molecule has 0 aliphatic carbocycles. The molecular formula is C42H26O. The molecule has 0 N–H and O–H groups in total. The number of furan rings is 1. The molecule has 200 valence electrons. The highest BCUT2D eigenvalue weighted by Crippen LogP contribution is 2.45. The fraction of sp³-hybridized carbons (Fsp3) is 0. The predicted octanol–water partition coefficient (Wildman–Crippen LogP) is 12.0. The van der Waals surface area contributed by atoms with Crippen molar-refractivity contribution >= 4 is 54.3 Å². The lowest BCUT2D eigenvalue weighted by Gasteiger charge is -2.18. The smallest absolute Gasteiger partial charge is 0.135 e. The Bertz CT molecular complexity index is 3430. The van der Waals surface area contributed by atoms with E-state index in [2.05, 4.69) is 0 Å². The van der Waals surface area contributed by atoms with Crippen LogP contribution in [0.5, 0.6) is 0 Å².